The van der Waals surface area contributed by atoms with Crippen molar-refractivity contribution < 1.29 is 9.84 Å². The van der Waals surface area contributed by atoms with Crippen LogP contribution >= 0.6 is 0 Å². The minimum Gasteiger partial charge on any atom is -0.508 e. The van der Waals surface area contributed by atoms with Gasteiger partial charge in [-0.2, -0.15) is 0 Å². The van der Waals surface area contributed by atoms with E-state index in [1.807, 2.05) is 39.8 Å². The minimum absolute atomic E-state index is 0.231. The molecule has 0 radical (unpaired) electrons. The van der Waals surface area contributed by atoms with Gasteiger partial charge in [-0.15, -0.1) is 0 Å². The molecule has 2 aromatic carbocycles. The van der Waals surface area contributed by atoms with Crippen LogP contribution in [0.15, 0.2) is 36.4 Å². The number of hydrogen-bond donors (Lipinski definition) is 2. The normalized spacial score (nSPS) is 9.65. The number of ether oxygens (including phenoxy) is 1. The van der Waals surface area contributed by atoms with Crippen molar-refractivity contribution >= 4 is 0 Å². The van der Waals surface area contributed by atoms with Gasteiger partial charge in [-0.1, -0.05) is 26.0 Å². The second kappa shape index (κ2) is 7.56. The second-order valence-corrected chi connectivity index (χ2v) is 4.36. The SMILES string of the molecule is CC.Cc1cc(CN)cc(C)c1Oc1ccc(O)cc1. The molecule has 3 heteroatoms. The third-order valence-corrected chi connectivity index (χ3v) is 2.81. The van der Waals surface area contributed by atoms with Crippen molar-refractivity contribution in [1.82, 2.24) is 0 Å². The van der Waals surface area contributed by atoms with Crippen LogP contribution in [0.1, 0.15) is 30.5 Å². The Labute approximate surface area is 121 Å². The van der Waals surface area contributed by atoms with Crippen LogP contribution in [0.5, 0.6) is 17.2 Å². The van der Waals surface area contributed by atoms with Crippen molar-refractivity contribution in [2.45, 2.75) is 34.2 Å². The van der Waals surface area contributed by atoms with E-state index >= 15 is 0 Å². The summed E-state index contributed by atoms with van der Waals surface area (Å²) in [7, 11) is 0. The van der Waals surface area contributed by atoms with Gasteiger partial charge in [-0.05, 0) is 54.8 Å². The van der Waals surface area contributed by atoms with E-state index in [9.17, 15) is 5.11 Å². The number of phenols is 1. The lowest BCUT2D eigenvalue weighted by Crippen LogP contribution is -1.99. The molecule has 0 saturated carbocycles. The molecule has 0 aliphatic carbocycles. The Morgan fingerprint density at radius 1 is 1.00 bits per heavy atom. The monoisotopic (exact) mass is 273 g/mol. The van der Waals surface area contributed by atoms with Crippen molar-refractivity contribution in [2.75, 3.05) is 0 Å². The Balaban J connectivity index is 0.000000956. The molecule has 0 unspecified atom stereocenters. The van der Waals surface area contributed by atoms with Crippen molar-refractivity contribution in [2.24, 2.45) is 5.73 Å². The summed E-state index contributed by atoms with van der Waals surface area (Å²) in [6.45, 7) is 8.53. The fourth-order valence-electron chi connectivity index (χ4n) is 1.95. The maximum atomic E-state index is 9.23. The van der Waals surface area contributed by atoms with E-state index in [-0.39, 0.29) is 5.75 Å². The standard InChI is InChI=1S/C15H17NO2.C2H6/c1-10-7-12(9-16)8-11(2)15(10)18-14-5-3-13(17)4-6-14;1-2/h3-8,17H,9,16H2,1-2H3;1-2H3. The smallest absolute Gasteiger partial charge is 0.133 e. The number of hydrogen-bond acceptors (Lipinski definition) is 3. The zero-order chi connectivity index (χ0) is 15.1. The highest BCUT2D eigenvalue weighted by Gasteiger charge is 2.07. The second-order valence-electron chi connectivity index (χ2n) is 4.36. The fraction of sp³-hybridized carbons (Fsp3) is 0.294. The average molecular weight is 273 g/mol. The molecule has 108 valence electrons. The predicted molar refractivity (Wildman–Crippen MR) is 83.3 cm³/mol. The first kappa shape index (κ1) is 16.1. The van der Waals surface area contributed by atoms with E-state index in [1.54, 1.807) is 24.3 Å². The first-order valence-corrected chi connectivity index (χ1v) is 6.87. The molecule has 0 aliphatic heterocycles. The summed E-state index contributed by atoms with van der Waals surface area (Å²) in [4.78, 5) is 0. The highest BCUT2D eigenvalue weighted by atomic mass is 16.5. The Hall–Kier alpha value is -2.00. The van der Waals surface area contributed by atoms with Crippen LogP contribution in [0.4, 0.5) is 0 Å². The molecule has 0 aromatic heterocycles. The Morgan fingerprint density at radius 3 is 1.95 bits per heavy atom. The molecule has 3 nitrogen and oxygen atoms in total. The fourth-order valence-corrected chi connectivity index (χ4v) is 1.95. The van der Waals surface area contributed by atoms with E-state index in [1.165, 1.54) is 0 Å². The van der Waals surface area contributed by atoms with Crippen molar-refractivity contribution in [3.8, 4) is 17.2 Å². The minimum atomic E-state index is 0.231. The average Bonchev–Trinajstić information content (AvgIpc) is 2.46. The lowest BCUT2D eigenvalue weighted by Gasteiger charge is -2.13. The van der Waals surface area contributed by atoms with E-state index in [0.717, 1.165) is 22.4 Å². The molecule has 2 aromatic rings. The zero-order valence-corrected chi connectivity index (χ0v) is 12.6. The molecule has 3 N–H and O–H groups in total. The lowest BCUT2D eigenvalue weighted by atomic mass is 10.1. The van der Waals surface area contributed by atoms with E-state index in [4.69, 9.17) is 10.5 Å². The molecule has 0 bridgehead atoms. The van der Waals surface area contributed by atoms with Gasteiger partial charge >= 0.3 is 0 Å². The number of rotatable bonds is 3. The predicted octanol–water partition coefficient (Wildman–Crippen LogP) is 4.29. The Kier molecular flexibility index (Phi) is 6.07. The van der Waals surface area contributed by atoms with Gasteiger partial charge in [-0.25, -0.2) is 0 Å². The van der Waals surface area contributed by atoms with Crippen molar-refractivity contribution in [3.63, 3.8) is 0 Å². The molecule has 0 saturated heterocycles. The highest BCUT2D eigenvalue weighted by molar-refractivity contribution is 5.46. The molecule has 0 atom stereocenters. The van der Waals surface area contributed by atoms with Crippen LogP contribution in [-0.2, 0) is 6.54 Å². The van der Waals surface area contributed by atoms with Gasteiger partial charge in [0.15, 0.2) is 0 Å². The van der Waals surface area contributed by atoms with E-state index in [2.05, 4.69) is 0 Å². The molecular formula is C17H23NO2. The molecule has 0 fully saturated rings. The van der Waals surface area contributed by atoms with Crippen LogP contribution in [-0.4, -0.2) is 5.11 Å². The summed E-state index contributed by atoms with van der Waals surface area (Å²) in [5.74, 6) is 1.78. The van der Waals surface area contributed by atoms with Crippen LogP contribution < -0.4 is 10.5 Å². The van der Waals surface area contributed by atoms with E-state index in [0.29, 0.717) is 12.3 Å². The number of benzene rings is 2. The molecule has 0 spiro atoms. The van der Waals surface area contributed by atoms with Gasteiger partial charge in [0.25, 0.3) is 0 Å². The van der Waals surface area contributed by atoms with Crippen LogP contribution in [0.25, 0.3) is 0 Å². The maximum absolute atomic E-state index is 9.23. The third-order valence-electron chi connectivity index (χ3n) is 2.81. The van der Waals surface area contributed by atoms with Crippen LogP contribution in [0.3, 0.4) is 0 Å². The first-order valence-electron chi connectivity index (χ1n) is 6.87. The van der Waals surface area contributed by atoms with Crippen molar-refractivity contribution in [1.29, 1.82) is 0 Å². The van der Waals surface area contributed by atoms with Gasteiger partial charge in [0, 0.05) is 6.54 Å². The molecule has 20 heavy (non-hydrogen) atoms. The largest absolute Gasteiger partial charge is 0.508 e. The Bertz CT molecular complexity index is 524. The summed E-state index contributed by atoms with van der Waals surface area (Å²) >= 11 is 0. The summed E-state index contributed by atoms with van der Waals surface area (Å²) in [6, 6.07) is 10.8. The summed E-state index contributed by atoms with van der Waals surface area (Å²) in [5, 5.41) is 9.23. The Morgan fingerprint density at radius 2 is 1.50 bits per heavy atom. The van der Waals surface area contributed by atoms with Crippen LogP contribution in [0.2, 0.25) is 0 Å². The summed E-state index contributed by atoms with van der Waals surface area (Å²) < 4.78 is 5.84. The molecule has 0 heterocycles. The molecule has 0 amide bonds. The van der Waals surface area contributed by atoms with Crippen LogP contribution in [0, 0.1) is 13.8 Å². The summed E-state index contributed by atoms with van der Waals surface area (Å²) in [6.07, 6.45) is 0. The third kappa shape index (κ3) is 4.00. The highest BCUT2D eigenvalue weighted by Crippen LogP contribution is 2.30. The number of nitrogens with two attached hydrogens (primary N) is 1. The van der Waals surface area contributed by atoms with Gasteiger partial charge < -0.3 is 15.6 Å². The lowest BCUT2D eigenvalue weighted by molar-refractivity contribution is 0.461. The summed E-state index contributed by atoms with van der Waals surface area (Å²) in [5.41, 5.74) is 8.86. The zero-order valence-electron chi connectivity index (χ0n) is 12.6. The quantitative estimate of drug-likeness (QED) is 0.877. The van der Waals surface area contributed by atoms with Gasteiger partial charge in [-0.3, -0.25) is 0 Å². The molecule has 0 aliphatic rings. The van der Waals surface area contributed by atoms with Gasteiger partial charge in [0.2, 0.25) is 0 Å². The molecular weight excluding hydrogens is 250 g/mol. The maximum Gasteiger partial charge on any atom is 0.133 e. The van der Waals surface area contributed by atoms with Gasteiger partial charge in [0.1, 0.15) is 17.2 Å². The number of aromatic hydroxyl groups is 1. The van der Waals surface area contributed by atoms with E-state index < -0.39 is 0 Å². The number of aryl methyl sites for hydroxylation is 2. The van der Waals surface area contributed by atoms with Crippen molar-refractivity contribution in [3.05, 3.63) is 53.1 Å². The van der Waals surface area contributed by atoms with Gasteiger partial charge in [0.05, 0.1) is 0 Å². The number of phenolic OH excluding ortho intramolecular Hbond substituents is 1. The topological polar surface area (TPSA) is 55.5 Å². The molecule has 2 rings (SSSR count). The first-order chi connectivity index (χ1) is 9.60.